The van der Waals surface area contributed by atoms with Crippen LogP contribution in [0.2, 0.25) is 0 Å². The molecular weight excluding hydrogens is 330 g/mol. The molecule has 1 saturated carbocycles. The van der Waals surface area contributed by atoms with Gasteiger partial charge in [0.25, 0.3) is 5.89 Å². The van der Waals surface area contributed by atoms with Crippen molar-refractivity contribution in [3.05, 3.63) is 28.5 Å². The van der Waals surface area contributed by atoms with E-state index in [1.54, 1.807) is 0 Å². The molecular formula is C16H20BrN3O. The minimum atomic E-state index is 0.424. The Balaban J connectivity index is 1.79. The zero-order valence-corrected chi connectivity index (χ0v) is 14.0. The number of nitrogens with zero attached hydrogens (tertiary/aromatic N) is 2. The molecule has 0 radical (unpaired) electrons. The first-order chi connectivity index (χ1) is 9.94. The van der Waals surface area contributed by atoms with Crippen LogP contribution in [0.1, 0.15) is 51.3 Å². The van der Waals surface area contributed by atoms with Crippen LogP contribution in [0.5, 0.6) is 0 Å². The molecule has 2 aromatic rings. The summed E-state index contributed by atoms with van der Waals surface area (Å²) in [7, 11) is 0. The van der Waals surface area contributed by atoms with Crippen LogP contribution in [0.4, 0.5) is 5.69 Å². The van der Waals surface area contributed by atoms with E-state index in [1.165, 1.54) is 12.8 Å². The lowest BCUT2D eigenvalue weighted by Crippen LogP contribution is -2.20. The number of hydrogen-bond donors (Lipinski definition) is 1. The van der Waals surface area contributed by atoms with Gasteiger partial charge in [0.2, 0.25) is 0 Å². The number of anilines is 1. The number of nitrogens with two attached hydrogens (primary N) is 1. The van der Waals surface area contributed by atoms with Crippen molar-refractivity contribution < 1.29 is 4.52 Å². The third-order valence-electron chi connectivity index (χ3n) is 4.39. The predicted molar refractivity (Wildman–Crippen MR) is 86.8 cm³/mol. The van der Waals surface area contributed by atoms with Crippen molar-refractivity contribution in [2.24, 2.45) is 5.41 Å². The van der Waals surface area contributed by atoms with Gasteiger partial charge >= 0.3 is 0 Å². The van der Waals surface area contributed by atoms with Crippen molar-refractivity contribution >= 4 is 21.6 Å². The molecule has 0 spiro atoms. The van der Waals surface area contributed by atoms with E-state index in [0.717, 1.165) is 28.7 Å². The van der Waals surface area contributed by atoms with Gasteiger partial charge in [-0.2, -0.15) is 4.98 Å². The van der Waals surface area contributed by atoms with Crippen molar-refractivity contribution in [2.75, 3.05) is 5.73 Å². The molecule has 21 heavy (non-hydrogen) atoms. The lowest BCUT2D eigenvalue weighted by Gasteiger charge is -2.32. The Hall–Kier alpha value is -1.36. The smallest absolute Gasteiger partial charge is 0.257 e. The van der Waals surface area contributed by atoms with Gasteiger partial charge in [0.05, 0.1) is 0 Å². The van der Waals surface area contributed by atoms with Gasteiger partial charge in [0.15, 0.2) is 5.82 Å². The van der Waals surface area contributed by atoms with Gasteiger partial charge in [-0.25, -0.2) is 0 Å². The van der Waals surface area contributed by atoms with Gasteiger partial charge in [0.1, 0.15) is 0 Å². The Labute approximate surface area is 133 Å². The van der Waals surface area contributed by atoms with Gasteiger partial charge in [-0.15, -0.1) is 0 Å². The van der Waals surface area contributed by atoms with Crippen molar-refractivity contribution in [3.8, 4) is 11.5 Å². The van der Waals surface area contributed by atoms with Gasteiger partial charge in [-0.1, -0.05) is 19.0 Å². The molecule has 1 aromatic heterocycles. The summed E-state index contributed by atoms with van der Waals surface area (Å²) in [6.45, 7) is 4.66. The number of hydrogen-bond acceptors (Lipinski definition) is 4. The highest BCUT2D eigenvalue weighted by molar-refractivity contribution is 9.10. The fourth-order valence-electron chi connectivity index (χ4n) is 2.84. The van der Waals surface area contributed by atoms with E-state index in [-0.39, 0.29) is 0 Å². The van der Waals surface area contributed by atoms with Crippen molar-refractivity contribution in [1.29, 1.82) is 0 Å². The standard InChI is InChI=1S/C16H20BrN3O/c1-16(2)7-5-10(6-8-16)14-19-15(21-20-14)11-3-4-13(18)12(17)9-11/h3-4,9-10H,5-8,18H2,1-2H3. The van der Waals surface area contributed by atoms with Crippen LogP contribution < -0.4 is 5.73 Å². The molecule has 1 aliphatic rings. The first kappa shape index (κ1) is 14.6. The predicted octanol–water partition coefficient (Wildman–Crippen LogP) is 4.77. The van der Waals surface area contributed by atoms with Crippen molar-refractivity contribution in [1.82, 2.24) is 10.1 Å². The zero-order chi connectivity index (χ0) is 15.0. The summed E-state index contributed by atoms with van der Waals surface area (Å²) in [5, 5.41) is 4.18. The number of nitrogen functional groups attached to an aromatic ring is 1. The molecule has 0 amide bonds. The van der Waals surface area contributed by atoms with Gasteiger partial charge in [-0.3, -0.25) is 0 Å². The van der Waals surface area contributed by atoms with E-state index in [0.29, 0.717) is 22.9 Å². The molecule has 1 fully saturated rings. The highest BCUT2D eigenvalue weighted by Gasteiger charge is 2.30. The molecule has 0 unspecified atom stereocenters. The summed E-state index contributed by atoms with van der Waals surface area (Å²) in [5.41, 5.74) is 7.85. The monoisotopic (exact) mass is 349 g/mol. The normalized spacial score (nSPS) is 18.8. The highest BCUT2D eigenvalue weighted by atomic mass is 79.9. The summed E-state index contributed by atoms with van der Waals surface area (Å²) >= 11 is 3.42. The fourth-order valence-corrected chi connectivity index (χ4v) is 3.21. The quantitative estimate of drug-likeness (QED) is 0.793. The molecule has 1 aromatic carbocycles. The van der Waals surface area contributed by atoms with E-state index in [4.69, 9.17) is 10.3 Å². The fraction of sp³-hybridized carbons (Fsp3) is 0.500. The van der Waals surface area contributed by atoms with Crippen LogP contribution in [0.25, 0.3) is 11.5 Å². The lowest BCUT2D eigenvalue weighted by molar-refractivity contribution is 0.218. The van der Waals surface area contributed by atoms with Gasteiger partial charge in [-0.05, 0) is 65.2 Å². The van der Waals surface area contributed by atoms with E-state index >= 15 is 0 Å². The molecule has 4 nitrogen and oxygen atoms in total. The van der Waals surface area contributed by atoms with Crippen LogP contribution in [0.3, 0.4) is 0 Å². The Morgan fingerprint density at radius 2 is 2.00 bits per heavy atom. The Morgan fingerprint density at radius 3 is 2.67 bits per heavy atom. The van der Waals surface area contributed by atoms with Crippen LogP contribution in [-0.4, -0.2) is 10.1 Å². The zero-order valence-electron chi connectivity index (χ0n) is 12.4. The van der Waals surface area contributed by atoms with Gasteiger partial charge < -0.3 is 10.3 Å². The molecule has 1 heterocycles. The second kappa shape index (κ2) is 5.44. The third-order valence-corrected chi connectivity index (χ3v) is 5.08. The molecule has 0 bridgehead atoms. The molecule has 2 N–H and O–H groups in total. The van der Waals surface area contributed by atoms with Crippen LogP contribution in [0.15, 0.2) is 27.2 Å². The van der Waals surface area contributed by atoms with Crippen LogP contribution in [-0.2, 0) is 0 Å². The van der Waals surface area contributed by atoms with Crippen LogP contribution >= 0.6 is 15.9 Å². The number of benzene rings is 1. The molecule has 0 aliphatic heterocycles. The summed E-state index contributed by atoms with van der Waals surface area (Å²) in [6, 6.07) is 5.66. The second-order valence-electron chi connectivity index (χ2n) is 6.63. The number of rotatable bonds is 2. The van der Waals surface area contributed by atoms with Crippen molar-refractivity contribution in [2.45, 2.75) is 45.4 Å². The van der Waals surface area contributed by atoms with Gasteiger partial charge in [0, 0.05) is 21.6 Å². The molecule has 3 rings (SSSR count). The topological polar surface area (TPSA) is 64.9 Å². The number of aromatic nitrogens is 2. The van der Waals surface area contributed by atoms with Crippen molar-refractivity contribution in [3.63, 3.8) is 0 Å². The first-order valence-corrected chi connectivity index (χ1v) is 8.13. The summed E-state index contributed by atoms with van der Waals surface area (Å²) in [4.78, 5) is 4.58. The minimum absolute atomic E-state index is 0.424. The summed E-state index contributed by atoms with van der Waals surface area (Å²) in [6.07, 6.45) is 4.71. The molecule has 112 valence electrons. The van der Waals surface area contributed by atoms with E-state index in [9.17, 15) is 0 Å². The Bertz CT molecular complexity index is 641. The number of halogens is 1. The third kappa shape index (κ3) is 3.12. The summed E-state index contributed by atoms with van der Waals surface area (Å²) in [5.74, 6) is 1.83. The van der Waals surface area contributed by atoms with E-state index < -0.39 is 0 Å². The maximum absolute atomic E-state index is 5.80. The second-order valence-corrected chi connectivity index (χ2v) is 7.49. The average molecular weight is 350 g/mol. The molecule has 0 saturated heterocycles. The Kier molecular flexibility index (Phi) is 3.78. The van der Waals surface area contributed by atoms with E-state index in [1.807, 2.05) is 18.2 Å². The maximum atomic E-state index is 5.80. The molecule has 1 aliphatic carbocycles. The van der Waals surface area contributed by atoms with E-state index in [2.05, 4.69) is 39.9 Å². The largest absolute Gasteiger partial charge is 0.398 e. The summed E-state index contributed by atoms with van der Waals surface area (Å²) < 4.78 is 6.27. The molecule has 5 heteroatoms. The first-order valence-electron chi connectivity index (χ1n) is 7.34. The SMILES string of the molecule is CC1(C)CCC(c2noc(-c3ccc(N)c(Br)c3)n2)CC1. The van der Waals surface area contributed by atoms with Crippen LogP contribution in [0, 0.1) is 5.41 Å². The highest BCUT2D eigenvalue weighted by Crippen LogP contribution is 2.41. The average Bonchev–Trinajstić information content (AvgIpc) is 2.91. The Morgan fingerprint density at radius 1 is 1.29 bits per heavy atom. The molecule has 0 atom stereocenters. The minimum Gasteiger partial charge on any atom is -0.398 e. The maximum Gasteiger partial charge on any atom is 0.257 e. The lowest BCUT2D eigenvalue weighted by atomic mass is 9.73.